The van der Waals surface area contributed by atoms with Crippen molar-refractivity contribution in [3.05, 3.63) is 23.4 Å². The van der Waals surface area contributed by atoms with Crippen LogP contribution in [-0.2, 0) is 12.6 Å². The number of nitrogen functional groups attached to an aromatic ring is 1. The van der Waals surface area contributed by atoms with Gasteiger partial charge in [-0.25, -0.2) is 4.98 Å². The maximum atomic E-state index is 12.2. The molecule has 0 amide bonds. The number of aromatic nitrogens is 1. The van der Waals surface area contributed by atoms with Gasteiger partial charge in [-0.2, -0.15) is 13.2 Å². The van der Waals surface area contributed by atoms with Gasteiger partial charge in [0.15, 0.2) is 0 Å². The number of hydrogen-bond donors (Lipinski definition) is 1. The van der Waals surface area contributed by atoms with E-state index in [1.54, 1.807) is 6.92 Å². The molecule has 0 atom stereocenters. The van der Waals surface area contributed by atoms with Gasteiger partial charge in [-0.05, 0) is 18.6 Å². The molecule has 0 aliphatic heterocycles. The molecule has 0 saturated heterocycles. The SMILES string of the molecule is CCc1ccc(C(F)(F)F)c(N)n1. The first kappa shape index (κ1) is 9.83. The number of halogens is 3. The topological polar surface area (TPSA) is 38.9 Å². The summed E-state index contributed by atoms with van der Waals surface area (Å²) in [6, 6.07) is 2.29. The second-order valence-corrected chi connectivity index (χ2v) is 2.59. The van der Waals surface area contributed by atoms with E-state index in [2.05, 4.69) is 4.98 Å². The highest BCUT2D eigenvalue weighted by Crippen LogP contribution is 2.32. The summed E-state index contributed by atoms with van der Waals surface area (Å²) in [6.45, 7) is 1.80. The number of nitrogens with zero attached hydrogens (tertiary/aromatic N) is 1. The summed E-state index contributed by atoms with van der Waals surface area (Å²) in [5.74, 6) is -0.452. The lowest BCUT2D eigenvalue weighted by molar-refractivity contribution is -0.137. The molecule has 0 bridgehead atoms. The van der Waals surface area contributed by atoms with Crippen LogP contribution in [0, 0.1) is 0 Å². The fourth-order valence-corrected chi connectivity index (χ4v) is 0.954. The Balaban J connectivity index is 3.13. The number of alkyl halides is 3. The quantitative estimate of drug-likeness (QED) is 0.737. The Morgan fingerprint density at radius 3 is 2.38 bits per heavy atom. The van der Waals surface area contributed by atoms with E-state index in [4.69, 9.17) is 5.73 Å². The van der Waals surface area contributed by atoms with Crippen molar-refractivity contribution in [1.29, 1.82) is 0 Å². The monoisotopic (exact) mass is 190 g/mol. The fraction of sp³-hybridized carbons (Fsp3) is 0.375. The molecular weight excluding hydrogens is 181 g/mol. The number of pyridine rings is 1. The molecule has 0 aliphatic carbocycles. The van der Waals surface area contributed by atoms with Crippen molar-refractivity contribution in [2.45, 2.75) is 19.5 Å². The summed E-state index contributed by atoms with van der Waals surface area (Å²) < 4.78 is 36.5. The van der Waals surface area contributed by atoms with E-state index in [9.17, 15) is 13.2 Å². The normalized spacial score (nSPS) is 11.7. The molecule has 72 valence electrons. The molecule has 0 fully saturated rings. The summed E-state index contributed by atoms with van der Waals surface area (Å²) in [5, 5.41) is 0. The van der Waals surface area contributed by atoms with Crippen molar-refractivity contribution in [3.63, 3.8) is 0 Å². The minimum atomic E-state index is -4.41. The third-order valence-electron chi connectivity index (χ3n) is 1.65. The Morgan fingerprint density at radius 2 is 2.00 bits per heavy atom. The first-order valence-electron chi connectivity index (χ1n) is 3.77. The second kappa shape index (κ2) is 3.24. The number of nitrogens with two attached hydrogens (primary N) is 1. The molecular formula is C8H9F3N2. The van der Waals surface area contributed by atoms with Crippen molar-refractivity contribution in [1.82, 2.24) is 4.98 Å². The summed E-state index contributed by atoms with van der Waals surface area (Å²) in [7, 11) is 0. The second-order valence-electron chi connectivity index (χ2n) is 2.59. The zero-order valence-electron chi connectivity index (χ0n) is 7.02. The first-order valence-corrected chi connectivity index (χ1v) is 3.77. The predicted molar refractivity (Wildman–Crippen MR) is 43.0 cm³/mol. The Morgan fingerprint density at radius 1 is 1.38 bits per heavy atom. The van der Waals surface area contributed by atoms with E-state index in [1.807, 2.05) is 0 Å². The highest BCUT2D eigenvalue weighted by atomic mass is 19.4. The van der Waals surface area contributed by atoms with E-state index in [-0.39, 0.29) is 0 Å². The van der Waals surface area contributed by atoms with Gasteiger partial charge >= 0.3 is 6.18 Å². The smallest absolute Gasteiger partial charge is 0.383 e. The van der Waals surface area contributed by atoms with Crippen molar-refractivity contribution >= 4 is 5.82 Å². The van der Waals surface area contributed by atoms with Gasteiger partial charge in [0, 0.05) is 5.69 Å². The van der Waals surface area contributed by atoms with Crippen molar-refractivity contribution in [2.24, 2.45) is 0 Å². The Bertz CT molecular complexity index is 307. The van der Waals surface area contributed by atoms with Gasteiger partial charge in [-0.15, -0.1) is 0 Å². The molecule has 2 N–H and O–H groups in total. The van der Waals surface area contributed by atoms with Crippen LogP contribution < -0.4 is 5.73 Å². The molecule has 1 rings (SSSR count). The Labute approximate surface area is 73.6 Å². The predicted octanol–water partition coefficient (Wildman–Crippen LogP) is 2.24. The standard InChI is InChI=1S/C8H9F3N2/c1-2-5-3-4-6(7(12)13-5)8(9,10)11/h3-4H,2H2,1H3,(H2,12,13). The van der Waals surface area contributed by atoms with E-state index in [0.29, 0.717) is 12.1 Å². The third-order valence-corrected chi connectivity index (χ3v) is 1.65. The zero-order chi connectivity index (χ0) is 10.1. The Kier molecular flexibility index (Phi) is 2.45. The summed E-state index contributed by atoms with van der Waals surface area (Å²) in [4.78, 5) is 3.62. The number of hydrogen-bond acceptors (Lipinski definition) is 2. The molecule has 1 aromatic heterocycles. The number of rotatable bonds is 1. The molecule has 1 heterocycles. The molecule has 5 heteroatoms. The molecule has 0 radical (unpaired) electrons. The summed E-state index contributed by atoms with van der Waals surface area (Å²) >= 11 is 0. The van der Waals surface area contributed by atoms with Crippen LogP contribution in [0.5, 0.6) is 0 Å². The zero-order valence-corrected chi connectivity index (χ0v) is 7.02. The van der Waals surface area contributed by atoms with Gasteiger partial charge < -0.3 is 5.73 Å². The van der Waals surface area contributed by atoms with Gasteiger partial charge in [0.1, 0.15) is 5.82 Å². The van der Waals surface area contributed by atoms with Crippen molar-refractivity contribution in [2.75, 3.05) is 5.73 Å². The molecule has 0 saturated carbocycles. The number of aryl methyl sites for hydroxylation is 1. The molecule has 0 aliphatic rings. The van der Waals surface area contributed by atoms with Crippen LogP contribution in [0.25, 0.3) is 0 Å². The van der Waals surface area contributed by atoms with E-state index < -0.39 is 17.6 Å². The minimum Gasteiger partial charge on any atom is -0.383 e. The molecule has 0 aromatic carbocycles. The molecule has 0 spiro atoms. The molecule has 2 nitrogen and oxygen atoms in total. The lowest BCUT2D eigenvalue weighted by atomic mass is 10.2. The van der Waals surface area contributed by atoms with Gasteiger partial charge in [0.05, 0.1) is 5.56 Å². The maximum Gasteiger partial charge on any atom is 0.419 e. The molecule has 13 heavy (non-hydrogen) atoms. The lowest BCUT2D eigenvalue weighted by Gasteiger charge is -2.09. The van der Waals surface area contributed by atoms with Crippen molar-refractivity contribution in [3.8, 4) is 0 Å². The highest BCUT2D eigenvalue weighted by molar-refractivity contribution is 5.42. The van der Waals surface area contributed by atoms with Crippen LogP contribution in [-0.4, -0.2) is 4.98 Å². The van der Waals surface area contributed by atoms with E-state index in [0.717, 1.165) is 6.07 Å². The van der Waals surface area contributed by atoms with Gasteiger partial charge in [0.2, 0.25) is 0 Å². The first-order chi connectivity index (χ1) is 5.95. The van der Waals surface area contributed by atoms with E-state index in [1.165, 1.54) is 6.07 Å². The summed E-state index contributed by atoms with van der Waals surface area (Å²) in [5.41, 5.74) is 4.84. The van der Waals surface area contributed by atoms with Crippen LogP contribution in [0.1, 0.15) is 18.2 Å². The average Bonchev–Trinajstić information content (AvgIpc) is 2.01. The van der Waals surface area contributed by atoms with Crippen LogP contribution in [0.4, 0.5) is 19.0 Å². The van der Waals surface area contributed by atoms with E-state index >= 15 is 0 Å². The Hall–Kier alpha value is -1.26. The fourth-order valence-electron chi connectivity index (χ4n) is 0.954. The van der Waals surface area contributed by atoms with Crippen LogP contribution in [0.15, 0.2) is 12.1 Å². The van der Waals surface area contributed by atoms with Gasteiger partial charge in [0.25, 0.3) is 0 Å². The van der Waals surface area contributed by atoms with Gasteiger partial charge in [-0.1, -0.05) is 6.92 Å². The maximum absolute atomic E-state index is 12.2. The van der Waals surface area contributed by atoms with Crippen LogP contribution in [0.2, 0.25) is 0 Å². The number of anilines is 1. The van der Waals surface area contributed by atoms with Gasteiger partial charge in [-0.3, -0.25) is 0 Å². The average molecular weight is 190 g/mol. The van der Waals surface area contributed by atoms with Crippen LogP contribution in [0.3, 0.4) is 0 Å². The lowest BCUT2D eigenvalue weighted by Crippen LogP contribution is -2.11. The minimum absolute atomic E-state index is 0.452. The third kappa shape index (κ3) is 2.11. The van der Waals surface area contributed by atoms with Crippen molar-refractivity contribution < 1.29 is 13.2 Å². The van der Waals surface area contributed by atoms with Crippen LogP contribution >= 0.6 is 0 Å². The highest BCUT2D eigenvalue weighted by Gasteiger charge is 2.33. The molecule has 1 aromatic rings. The summed E-state index contributed by atoms with van der Waals surface area (Å²) in [6.07, 6.45) is -3.84. The molecule has 0 unspecified atom stereocenters. The largest absolute Gasteiger partial charge is 0.419 e.